The minimum atomic E-state index is 0.560. The smallest absolute Gasteiger partial charge is 0.0419 e. The fourth-order valence-electron chi connectivity index (χ4n) is 2.19. The van der Waals surface area contributed by atoms with Gasteiger partial charge >= 0.3 is 0 Å². The van der Waals surface area contributed by atoms with Crippen LogP contribution in [-0.2, 0) is 12.8 Å². The van der Waals surface area contributed by atoms with Gasteiger partial charge in [-0.25, -0.2) is 0 Å². The summed E-state index contributed by atoms with van der Waals surface area (Å²) < 4.78 is 0. The number of nitrogens with zero attached hydrogens (tertiary/aromatic N) is 1. The highest BCUT2D eigenvalue weighted by molar-refractivity contribution is 5.14. The molecule has 1 aromatic heterocycles. The van der Waals surface area contributed by atoms with Gasteiger partial charge < -0.3 is 5.32 Å². The summed E-state index contributed by atoms with van der Waals surface area (Å²) in [5.41, 5.74) is 2.53. The first-order chi connectivity index (χ1) is 8.65. The SMILES string of the molecule is CCCNC(Cc1ccc(CC)cn1)CC(C)C. The number of pyridine rings is 1. The fourth-order valence-corrected chi connectivity index (χ4v) is 2.19. The van der Waals surface area contributed by atoms with E-state index in [0.717, 1.165) is 25.3 Å². The van der Waals surface area contributed by atoms with Crippen molar-refractivity contribution in [1.82, 2.24) is 10.3 Å². The zero-order valence-electron chi connectivity index (χ0n) is 12.4. The summed E-state index contributed by atoms with van der Waals surface area (Å²) in [6.07, 6.45) is 6.54. The quantitative estimate of drug-likeness (QED) is 0.760. The fraction of sp³-hybridized carbons (Fsp3) is 0.688. The lowest BCUT2D eigenvalue weighted by atomic mass is 9.99. The molecular weight excluding hydrogens is 220 g/mol. The monoisotopic (exact) mass is 248 g/mol. The van der Waals surface area contributed by atoms with Crippen LogP contribution in [-0.4, -0.2) is 17.6 Å². The molecule has 2 nitrogen and oxygen atoms in total. The van der Waals surface area contributed by atoms with E-state index in [9.17, 15) is 0 Å². The van der Waals surface area contributed by atoms with Crippen molar-refractivity contribution in [3.05, 3.63) is 29.6 Å². The van der Waals surface area contributed by atoms with Crippen LogP contribution < -0.4 is 5.32 Å². The highest BCUT2D eigenvalue weighted by atomic mass is 14.9. The predicted molar refractivity (Wildman–Crippen MR) is 78.9 cm³/mol. The van der Waals surface area contributed by atoms with Crippen LogP contribution >= 0.6 is 0 Å². The van der Waals surface area contributed by atoms with Crippen molar-refractivity contribution in [2.75, 3.05) is 6.54 Å². The predicted octanol–water partition coefficient (Wildman–Crippen LogP) is 3.60. The Morgan fingerprint density at radius 1 is 1.22 bits per heavy atom. The largest absolute Gasteiger partial charge is 0.314 e. The van der Waals surface area contributed by atoms with Crippen LogP contribution in [0.5, 0.6) is 0 Å². The van der Waals surface area contributed by atoms with E-state index in [1.54, 1.807) is 0 Å². The Morgan fingerprint density at radius 3 is 2.50 bits per heavy atom. The Balaban J connectivity index is 2.56. The van der Waals surface area contributed by atoms with E-state index >= 15 is 0 Å². The molecule has 0 aliphatic heterocycles. The third-order valence-corrected chi connectivity index (χ3v) is 3.19. The number of aromatic nitrogens is 1. The van der Waals surface area contributed by atoms with Crippen LogP contribution in [0.4, 0.5) is 0 Å². The second-order valence-corrected chi connectivity index (χ2v) is 5.50. The highest BCUT2D eigenvalue weighted by Gasteiger charge is 2.11. The van der Waals surface area contributed by atoms with Crippen LogP contribution in [0.3, 0.4) is 0 Å². The molecule has 0 amide bonds. The number of nitrogens with one attached hydrogen (secondary N) is 1. The van der Waals surface area contributed by atoms with E-state index in [-0.39, 0.29) is 0 Å². The maximum absolute atomic E-state index is 4.56. The van der Waals surface area contributed by atoms with Crippen molar-refractivity contribution < 1.29 is 0 Å². The Morgan fingerprint density at radius 2 is 2.00 bits per heavy atom. The van der Waals surface area contributed by atoms with Crippen LogP contribution in [0.2, 0.25) is 0 Å². The van der Waals surface area contributed by atoms with Crippen LogP contribution in [0.25, 0.3) is 0 Å². The minimum absolute atomic E-state index is 0.560. The molecular formula is C16H28N2. The lowest BCUT2D eigenvalue weighted by Gasteiger charge is -2.20. The van der Waals surface area contributed by atoms with Gasteiger partial charge in [0.15, 0.2) is 0 Å². The minimum Gasteiger partial charge on any atom is -0.314 e. The molecule has 18 heavy (non-hydrogen) atoms. The molecule has 1 aromatic rings. The second kappa shape index (κ2) is 8.25. The molecule has 2 heteroatoms. The molecule has 0 fully saturated rings. The summed E-state index contributed by atoms with van der Waals surface area (Å²) in [7, 11) is 0. The number of hydrogen-bond donors (Lipinski definition) is 1. The molecule has 0 aromatic carbocycles. The average Bonchev–Trinajstić information content (AvgIpc) is 2.36. The molecule has 0 aliphatic carbocycles. The van der Waals surface area contributed by atoms with Gasteiger partial charge in [-0.3, -0.25) is 4.98 Å². The first-order valence-electron chi connectivity index (χ1n) is 7.32. The highest BCUT2D eigenvalue weighted by Crippen LogP contribution is 2.10. The summed E-state index contributed by atoms with van der Waals surface area (Å²) in [6, 6.07) is 4.94. The van der Waals surface area contributed by atoms with E-state index in [4.69, 9.17) is 0 Å². The first kappa shape index (κ1) is 15.2. The summed E-state index contributed by atoms with van der Waals surface area (Å²) in [5.74, 6) is 0.731. The van der Waals surface area contributed by atoms with Gasteiger partial charge in [-0.2, -0.15) is 0 Å². The summed E-state index contributed by atoms with van der Waals surface area (Å²) in [4.78, 5) is 4.56. The average molecular weight is 248 g/mol. The number of rotatable bonds is 8. The van der Waals surface area contributed by atoms with Crippen molar-refractivity contribution in [3.63, 3.8) is 0 Å². The van der Waals surface area contributed by atoms with E-state index in [0.29, 0.717) is 6.04 Å². The molecule has 0 bridgehead atoms. The van der Waals surface area contributed by atoms with Gasteiger partial charge in [0.25, 0.3) is 0 Å². The van der Waals surface area contributed by atoms with Gasteiger partial charge in [0.2, 0.25) is 0 Å². The van der Waals surface area contributed by atoms with Crippen molar-refractivity contribution in [1.29, 1.82) is 0 Å². The van der Waals surface area contributed by atoms with E-state index < -0.39 is 0 Å². The topological polar surface area (TPSA) is 24.9 Å². The van der Waals surface area contributed by atoms with Gasteiger partial charge in [-0.1, -0.05) is 33.8 Å². The molecule has 0 saturated carbocycles. The summed E-state index contributed by atoms with van der Waals surface area (Å²) in [5, 5.41) is 3.64. The van der Waals surface area contributed by atoms with E-state index in [2.05, 4.69) is 50.1 Å². The van der Waals surface area contributed by atoms with Crippen molar-refractivity contribution >= 4 is 0 Å². The van der Waals surface area contributed by atoms with Gasteiger partial charge in [0.05, 0.1) is 0 Å². The Labute approximate surface area is 112 Å². The standard InChI is InChI=1S/C16H28N2/c1-5-9-17-16(10-13(3)4)11-15-8-7-14(6-2)12-18-15/h7-8,12-13,16-17H,5-6,9-11H2,1-4H3. The third kappa shape index (κ3) is 5.63. The van der Waals surface area contributed by atoms with Crippen molar-refractivity contribution in [3.8, 4) is 0 Å². The Hall–Kier alpha value is -0.890. The molecule has 0 saturated heterocycles. The maximum atomic E-state index is 4.56. The second-order valence-electron chi connectivity index (χ2n) is 5.50. The number of hydrogen-bond acceptors (Lipinski definition) is 2. The normalized spacial score (nSPS) is 12.9. The number of aryl methyl sites for hydroxylation is 1. The first-order valence-corrected chi connectivity index (χ1v) is 7.32. The summed E-state index contributed by atoms with van der Waals surface area (Å²) >= 11 is 0. The molecule has 1 atom stereocenters. The van der Waals surface area contributed by atoms with Crippen molar-refractivity contribution in [2.24, 2.45) is 5.92 Å². The molecule has 1 rings (SSSR count). The molecule has 0 spiro atoms. The van der Waals surface area contributed by atoms with Crippen LogP contribution in [0.1, 0.15) is 51.8 Å². The molecule has 0 radical (unpaired) electrons. The van der Waals surface area contributed by atoms with Crippen LogP contribution in [0, 0.1) is 5.92 Å². The lowest BCUT2D eigenvalue weighted by Crippen LogP contribution is -2.33. The molecule has 1 unspecified atom stereocenters. The zero-order valence-corrected chi connectivity index (χ0v) is 12.4. The Bertz CT molecular complexity index is 316. The molecule has 0 aliphatic rings. The van der Waals surface area contributed by atoms with E-state index in [1.165, 1.54) is 24.1 Å². The lowest BCUT2D eigenvalue weighted by molar-refractivity contribution is 0.413. The molecule has 1 N–H and O–H groups in total. The van der Waals surface area contributed by atoms with Crippen LogP contribution in [0.15, 0.2) is 18.3 Å². The molecule has 1 heterocycles. The van der Waals surface area contributed by atoms with Gasteiger partial charge in [-0.15, -0.1) is 0 Å². The summed E-state index contributed by atoms with van der Waals surface area (Å²) in [6.45, 7) is 10.1. The molecule has 102 valence electrons. The maximum Gasteiger partial charge on any atom is 0.0419 e. The van der Waals surface area contributed by atoms with E-state index in [1.807, 2.05) is 6.20 Å². The van der Waals surface area contributed by atoms with Gasteiger partial charge in [0.1, 0.15) is 0 Å². The van der Waals surface area contributed by atoms with Crippen molar-refractivity contribution in [2.45, 2.75) is 59.4 Å². The third-order valence-electron chi connectivity index (χ3n) is 3.19. The Kier molecular flexibility index (Phi) is 6.96. The zero-order chi connectivity index (χ0) is 13.4. The van der Waals surface area contributed by atoms with Gasteiger partial charge in [-0.05, 0) is 43.4 Å². The van der Waals surface area contributed by atoms with Gasteiger partial charge in [0, 0.05) is 24.4 Å².